The lowest BCUT2D eigenvalue weighted by molar-refractivity contribution is 0.0953. The van der Waals surface area contributed by atoms with Crippen LogP contribution in [0.1, 0.15) is 33.8 Å². The van der Waals surface area contributed by atoms with Gasteiger partial charge in [0.15, 0.2) is 5.76 Å². The second kappa shape index (κ2) is 8.86. The fourth-order valence-electron chi connectivity index (χ4n) is 2.60. The van der Waals surface area contributed by atoms with Crippen LogP contribution < -0.4 is 16.0 Å². The minimum absolute atomic E-state index is 0. The molecule has 0 radical (unpaired) electrons. The van der Waals surface area contributed by atoms with Crippen LogP contribution in [0.2, 0.25) is 0 Å². The normalized spacial score (nSPS) is 16.4. The van der Waals surface area contributed by atoms with Crippen molar-refractivity contribution >= 4 is 40.6 Å². The van der Waals surface area contributed by atoms with Gasteiger partial charge in [-0.05, 0) is 55.4 Å². The topological polar surface area (TPSA) is 83.4 Å². The van der Waals surface area contributed by atoms with Crippen molar-refractivity contribution in [3.05, 3.63) is 41.2 Å². The minimum atomic E-state index is -0.358. The van der Waals surface area contributed by atoms with E-state index in [2.05, 4.69) is 16.0 Å². The summed E-state index contributed by atoms with van der Waals surface area (Å²) in [6, 6.07) is 4.95. The zero-order valence-corrected chi connectivity index (χ0v) is 14.7. The van der Waals surface area contributed by atoms with Crippen molar-refractivity contribution in [2.75, 3.05) is 25.0 Å². The molecule has 1 saturated heterocycles. The molecule has 3 N–H and O–H groups in total. The Morgan fingerprint density at radius 2 is 2.21 bits per heavy atom. The van der Waals surface area contributed by atoms with Gasteiger partial charge in [0.1, 0.15) is 5.00 Å². The predicted molar refractivity (Wildman–Crippen MR) is 96.2 cm³/mol. The van der Waals surface area contributed by atoms with Crippen LogP contribution in [0.25, 0.3) is 0 Å². The first kappa shape index (κ1) is 18.5. The van der Waals surface area contributed by atoms with Gasteiger partial charge in [0.2, 0.25) is 0 Å². The van der Waals surface area contributed by atoms with E-state index in [1.807, 2.05) is 0 Å². The largest absolute Gasteiger partial charge is 0.459 e. The molecule has 130 valence electrons. The van der Waals surface area contributed by atoms with E-state index >= 15 is 0 Å². The highest BCUT2D eigenvalue weighted by Gasteiger charge is 2.18. The first-order chi connectivity index (χ1) is 11.2. The summed E-state index contributed by atoms with van der Waals surface area (Å²) in [5, 5.41) is 11.3. The standard InChI is InChI=1S/C16H19N3O3S.ClH/c20-14(18-7-4-11-3-6-17-10-11)12-5-9-23-16(12)19-15(21)13-2-1-8-22-13;/h1-2,5,8-9,11,17H,3-4,6-7,10H2,(H,18,20)(H,19,21);1H. The van der Waals surface area contributed by atoms with E-state index < -0.39 is 0 Å². The molecule has 2 aromatic heterocycles. The number of carbonyl (C=O) groups excluding carboxylic acids is 2. The van der Waals surface area contributed by atoms with Gasteiger partial charge >= 0.3 is 0 Å². The van der Waals surface area contributed by atoms with E-state index in [0.717, 1.165) is 19.5 Å². The lowest BCUT2D eigenvalue weighted by Crippen LogP contribution is -2.27. The molecule has 0 aliphatic carbocycles. The fourth-order valence-corrected chi connectivity index (χ4v) is 3.38. The number of nitrogens with one attached hydrogen (secondary N) is 3. The molecule has 6 nitrogen and oxygen atoms in total. The van der Waals surface area contributed by atoms with Gasteiger partial charge in [0.05, 0.1) is 11.8 Å². The zero-order valence-electron chi connectivity index (χ0n) is 13.0. The van der Waals surface area contributed by atoms with E-state index in [-0.39, 0.29) is 30.0 Å². The van der Waals surface area contributed by atoms with Crippen molar-refractivity contribution in [1.29, 1.82) is 0 Å². The molecule has 2 aromatic rings. The van der Waals surface area contributed by atoms with Crippen LogP contribution in [0, 0.1) is 5.92 Å². The summed E-state index contributed by atoms with van der Waals surface area (Å²) in [5.41, 5.74) is 0.486. The van der Waals surface area contributed by atoms with Gasteiger partial charge in [0, 0.05) is 6.54 Å². The number of anilines is 1. The van der Waals surface area contributed by atoms with Gasteiger partial charge in [-0.25, -0.2) is 0 Å². The third-order valence-corrected chi connectivity index (χ3v) is 4.71. The quantitative estimate of drug-likeness (QED) is 0.731. The molecule has 1 fully saturated rings. The maximum Gasteiger partial charge on any atom is 0.291 e. The number of hydrogen-bond donors (Lipinski definition) is 3. The van der Waals surface area contributed by atoms with Gasteiger partial charge in [0.25, 0.3) is 11.8 Å². The molecule has 24 heavy (non-hydrogen) atoms. The van der Waals surface area contributed by atoms with Crippen LogP contribution in [0.4, 0.5) is 5.00 Å². The second-order valence-electron chi connectivity index (χ2n) is 5.50. The minimum Gasteiger partial charge on any atom is -0.459 e. The number of halogens is 1. The van der Waals surface area contributed by atoms with Crippen molar-refractivity contribution in [2.45, 2.75) is 12.8 Å². The molecule has 0 saturated carbocycles. The molecule has 1 unspecified atom stereocenters. The average molecular weight is 370 g/mol. The smallest absolute Gasteiger partial charge is 0.291 e. The molecule has 1 atom stereocenters. The SMILES string of the molecule is Cl.O=C(Nc1sccc1C(=O)NCCC1CCNC1)c1ccco1. The summed E-state index contributed by atoms with van der Waals surface area (Å²) in [4.78, 5) is 24.3. The number of furan rings is 1. The van der Waals surface area contributed by atoms with Crippen molar-refractivity contribution in [3.63, 3.8) is 0 Å². The van der Waals surface area contributed by atoms with Crippen molar-refractivity contribution in [3.8, 4) is 0 Å². The van der Waals surface area contributed by atoms with Crippen LogP contribution in [-0.4, -0.2) is 31.4 Å². The van der Waals surface area contributed by atoms with E-state index in [0.29, 0.717) is 23.0 Å². The number of rotatable bonds is 6. The summed E-state index contributed by atoms with van der Waals surface area (Å²) >= 11 is 1.32. The van der Waals surface area contributed by atoms with Crippen molar-refractivity contribution < 1.29 is 14.0 Å². The van der Waals surface area contributed by atoms with Gasteiger partial charge in [-0.15, -0.1) is 23.7 Å². The Bertz CT molecular complexity index is 666. The Hall–Kier alpha value is -1.83. The lowest BCUT2D eigenvalue weighted by Gasteiger charge is -2.10. The van der Waals surface area contributed by atoms with Crippen LogP contribution in [0.15, 0.2) is 34.3 Å². The highest BCUT2D eigenvalue weighted by Crippen LogP contribution is 2.24. The molecule has 1 aliphatic heterocycles. The fraction of sp³-hybridized carbons (Fsp3) is 0.375. The summed E-state index contributed by atoms with van der Waals surface area (Å²) < 4.78 is 5.05. The Balaban J connectivity index is 0.00000208. The average Bonchev–Trinajstić information content (AvgIpc) is 3.29. The summed E-state index contributed by atoms with van der Waals surface area (Å²) in [6.07, 6.45) is 3.57. The first-order valence-electron chi connectivity index (χ1n) is 7.65. The highest BCUT2D eigenvalue weighted by atomic mass is 35.5. The highest BCUT2D eigenvalue weighted by molar-refractivity contribution is 7.14. The van der Waals surface area contributed by atoms with Gasteiger partial charge in [-0.2, -0.15) is 0 Å². The summed E-state index contributed by atoms with van der Waals surface area (Å²) in [5.74, 6) is 0.338. The van der Waals surface area contributed by atoms with Gasteiger partial charge in [-0.1, -0.05) is 0 Å². The van der Waals surface area contributed by atoms with Gasteiger partial charge < -0.3 is 20.4 Å². The van der Waals surface area contributed by atoms with Crippen LogP contribution in [-0.2, 0) is 0 Å². The van der Waals surface area contributed by atoms with E-state index in [1.54, 1.807) is 23.6 Å². The molecular weight excluding hydrogens is 350 g/mol. The van der Waals surface area contributed by atoms with E-state index in [9.17, 15) is 9.59 Å². The predicted octanol–water partition coefficient (Wildman–Crippen LogP) is 2.74. The van der Waals surface area contributed by atoms with E-state index in [4.69, 9.17) is 4.42 Å². The maximum absolute atomic E-state index is 12.3. The van der Waals surface area contributed by atoms with E-state index in [1.165, 1.54) is 24.0 Å². The Morgan fingerprint density at radius 1 is 1.33 bits per heavy atom. The summed E-state index contributed by atoms with van der Waals surface area (Å²) in [7, 11) is 0. The van der Waals surface area contributed by atoms with Crippen LogP contribution in [0.5, 0.6) is 0 Å². The Morgan fingerprint density at radius 3 is 2.92 bits per heavy atom. The zero-order chi connectivity index (χ0) is 16.1. The molecule has 2 amide bonds. The molecule has 0 aromatic carbocycles. The number of hydrogen-bond acceptors (Lipinski definition) is 5. The molecule has 0 bridgehead atoms. The third kappa shape index (κ3) is 4.59. The summed E-state index contributed by atoms with van der Waals surface area (Å²) in [6.45, 7) is 2.73. The monoisotopic (exact) mass is 369 g/mol. The lowest BCUT2D eigenvalue weighted by atomic mass is 10.1. The Kier molecular flexibility index (Phi) is 6.84. The molecule has 8 heteroatoms. The van der Waals surface area contributed by atoms with Gasteiger partial charge in [-0.3, -0.25) is 9.59 Å². The first-order valence-corrected chi connectivity index (χ1v) is 8.53. The molecular formula is C16H20ClN3O3S. The Labute approximate surface area is 150 Å². The molecule has 1 aliphatic rings. The van der Waals surface area contributed by atoms with Crippen molar-refractivity contribution in [2.24, 2.45) is 5.92 Å². The molecule has 0 spiro atoms. The third-order valence-electron chi connectivity index (χ3n) is 3.88. The second-order valence-corrected chi connectivity index (χ2v) is 6.41. The maximum atomic E-state index is 12.3. The number of amides is 2. The number of carbonyl (C=O) groups is 2. The number of thiophene rings is 1. The molecule has 3 rings (SSSR count). The van der Waals surface area contributed by atoms with Crippen LogP contribution >= 0.6 is 23.7 Å². The van der Waals surface area contributed by atoms with Crippen molar-refractivity contribution in [1.82, 2.24) is 10.6 Å². The van der Waals surface area contributed by atoms with Crippen LogP contribution in [0.3, 0.4) is 0 Å². The molecule has 3 heterocycles.